The molecular weight excluding hydrogens is 329 g/mol. The van der Waals surface area contributed by atoms with Crippen molar-refractivity contribution in [1.29, 1.82) is 0 Å². The van der Waals surface area contributed by atoms with Crippen molar-refractivity contribution >= 4 is 34.8 Å². The number of hydrogen-bond acceptors (Lipinski definition) is 2. The van der Waals surface area contributed by atoms with Gasteiger partial charge in [-0.2, -0.15) is 5.10 Å². The van der Waals surface area contributed by atoms with E-state index in [-0.39, 0.29) is 6.04 Å². The first-order valence-electron chi connectivity index (χ1n) is 6.80. The van der Waals surface area contributed by atoms with Crippen LogP contribution in [0.1, 0.15) is 29.9 Å². The van der Waals surface area contributed by atoms with Crippen LogP contribution < -0.4 is 5.32 Å². The minimum Gasteiger partial charge on any atom is -0.313 e. The van der Waals surface area contributed by atoms with E-state index in [1.54, 1.807) is 6.07 Å². The monoisotopic (exact) mass is 345 g/mol. The molecule has 0 radical (unpaired) electrons. The number of likely N-dealkylation sites (N-methyl/N-ethyl adjacent to an activating group) is 1. The van der Waals surface area contributed by atoms with Crippen molar-refractivity contribution in [2.45, 2.75) is 25.8 Å². The molecule has 0 aliphatic rings. The molecule has 0 saturated heterocycles. The van der Waals surface area contributed by atoms with E-state index in [0.29, 0.717) is 16.5 Å². The smallest absolute Gasteiger partial charge is 0.0850 e. The molecule has 0 aliphatic carbocycles. The van der Waals surface area contributed by atoms with E-state index in [4.69, 9.17) is 34.8 Å². The quantitative estimate of drug-likeness (QED) is 0.867. The topological polar surface area (TPSA) is 29.9 Å². The Morgan fingerprint density at radius 3 is 2.57 bits per heavy atom. The van der Waals surface area contributed by atoms with Gasteiger partial charge in [-0.15, -0.1) is 0 Å². The van der Waals surface area contributed by atoms with Gasteiger partial charge in [0, 0.05) is 29.6 Å². The highest BCUT2D eigenvalue weighted by Crippen LogP contribution is 2.31. The predicted octanol–water partition coefficient (Wildman–Crippen LogP) is 4.45. The van der Waals surface area contributed by atoms with Crippen LogP contribution in [0.3, 0.4) is 0 Å². The SMILES string of the molecule is CCc1nn(C)c(CC(NC)c2cc(Cl)ccc2Cl)c1Cl. The van der Waals surface area contributed by atoms with Gasteiger partial charge in [-0.05, 0) is 37.2 Å². The van der Waals surface area contributed by atoms with E-state index in [2.05, 4.69) is 10.4 Å². The summed E-state index contributed by atoms with van der Waals surface area (Å²) in [6.07, 6.45) is 1.51. The van der Waals surface area contributed by atoms with Crippen molar-refractivity contribution in [2.24, 2.45) is 7.05 Å². The van der Waals surface area contributed by atoms with Gasteiger partial charge < -0.3 is 5.32 Å². The molecule has 114 valence electrons. The summed E-state index contributed by atoms with van der Waals surface area (Å²) < 4.78 is 1.84. The zero-order valence-electron chi connectivity index (χ0n) is 12.3. The first kappa shape index (κ1) is 16.6. The number of benzene rings is 1. The van der Waals surface area contributed by atoms with Crippen LogP contribution in [0.15, 0.2) is 18.2 Å². The second-order valence-electron chi connectivity index (χ2n) is 4.90. The lowest BCUT2D eigenvalue weighted by atomic mass is 10.0. The fourth-order valence-electron chi connectivity index (χ4n) is 2.38. The standard InChI is InChI=1S/C15H18Cl3N3/c1-4-12-15(18)14(21(3)20-12)8-13(19-2)10-7-9(16)5-6-11(10)17/h5-7,13,19H,4,8H2,1-3H3. The van der Waals surface area contributed by atoms with Crippen molar-refractivity contribution in [3.05, 3.63) is 50.2 Å². The van der Waals surface area contributed by atoms with Crippen LogP contribution in [0.25, 0.3) is 0 Å². The lowest BCUT2D eigenvalue weighted by Gasteiger charge is -2.18. The van der Waals surface area contributed by atoms with Gasteiger partial charge in [-0.1, -0.05) is 41.7 Å². The first-order chi connectivity index (χ1) is 9.97. The Labute approximate surface area is 140 Å². The summed E-state index contributed by atoms with van der Waals surface area (Å²) in [5.41, 5.74) is 2.87. The molecule has 0 amide bonds. The van der Waals surface area contributed by atoms with Crippen molar-refractivity contribution < 1.29 is 0 Å². The summed E-state index contributed by atoms with van der Waals surface area (Å²) in [5.74, 6) is 0. The third-order valence-electron chi connectivity index (χ3n) is 3.58. The van der Waals surface area contributed by atoms with Crippen LogP contribution in [0, 0.1) is 0 Å². The summed E-state index contributed by atoms with van der Waals surface area (Å²) in [6, 6.07) is 5.50. The molecule has 1 N–H and O–H groups in total. The summed E-state index contributed by atoms with van der Waals surface area (Å²) in [6.45, 7) is 2.04. The second kappa shape index (κ2) is 7.01. The molecule has 0 aliphatic heterocycles. The van der Waals surface area contributed by atoms with Crippen molar-refractivity contribution in [3.8, 4) is 0 Å². The highest BCUT2D eigenvalue weighted by atomic mass is 35.5. The Bertz CT molecular complexity index is 637. The zero-order valence-corrected chi connectivity index (χ0v) is 14.5. The Balaban J connectivity index is 2.36. The van der Waals surface area contributed by atoms with E-state index >= 15 is 0 Å². The molecule has 21 heavy (non-hydrogen) atoms. The summed E-state index contributed by atoms with van der Waals surface area (Å²) in [5, 5.41) is 9.81. The summed E-state index contributed by atoms with van der Waals surface area (Å²) >= 11 is 18.8. The van der Waals surface area contributed by atoms with E-state index in [9.17, 15) is 0 Å². The zero-order chi connectivity index (χ0) is 15.6. The second-order valence-corrected chi connectivity index (χ2v) is 6.12. The number of nitrogens with zero attached hydrogens (tertiary/aromatic N) is 2. The third-order valence-corrected chi connectivity index (χ3v) is 4.60. The van der Waals surface area contributed by atoms with E-state index in [1.165, 1.54) is 0 Å². The molecule has 0 fully saturated rings. The van der Waals surface area contributed by atoms with Crippen LogP contribution in [-0.2, 0) is 19.9 Å². The van der Waals surface area contributed by atoms with Crippen LogP contribution >= 0.6 is 34.8 Å². The Kier molecular flexibility index (Phi) is 5.55. The molecule has 1 atom stereocenters. The van der Waals surface area contributed by atoms with Crippen molar-refractivity contribution in [2.75, 3.05) is 7.05 Å². The minimum atomic E-state index is 0.0220. The van der Waals surface area contributed by atoms with Gasteiger partial charge in [0.2, 0.25) is 0 Å². The molecule has 1 aromatic carbocycles. The Hall–Kier alpha value is -0.740. The number of rotatable bonds is 5. The Morgan fingerprint density at radius 2 is 2.00 bits per heavy atom. The lowest BCUT2D eigenvalue weighted by Crippen LogP contribution is -2.20. The molecule has 0 spiro atoms. The third kappa shape index (κ3) is 3.54. The number of aromatic nitrogens is 2. The van der Waals surface area contributed by atoms with Gasteiger partial charge >= 0.3 is 0 Å². The molecule has 3 nitrogen and oxygen atoms in total. The number of nitrogens with one attached hydrogen (secondary N) is 1. The summed E-state index contributed by atoms with van der Waals surface area (Å²) in [4.78, 5) is 0. The Morgan fingerprint density at radius 1 is 1.29 bits per heavy atom. The van der Waals surface area contributed by atoms with Gasteiger partial charge in [-0.3, -0.25) is 4.68 Å². The minimum absolute atomic E-state index is 0.0220. The van der Waals surface area contributed by atoms with Crippen molar-refractivity contribution in [1.82, 2.24) is 15.1 Å². The van der Waals surface area contributed by atoms with Gasteiger partial charge in [0.15, 0.2) is 0 Å². The molecule has 2 aromatic rings. The first-order valence-corrected chi connectivity index (χ1v) is 7.93. The molecule has 2 rings (SSSR count). The highest BCUT2D eigenvalue weighted by molar-refractivity contribution is 6.33. The fourth-order valence-corrected chi connectivity index (χ4v) is 3.18. The molecule has 1 aromatic heterocycles. The van der Waals surface area contributed by atoms with Gasteiger partial charge in [-0.25, -0.2) is 0 Å². The van der Waals surface area contributed by atoms with E-state index < -0.39 is 0 Å². The average Bonchev–Trinajstić information content (AvgIpc) is 2.74. The molecule has 1 unspecified atom stereocenters. The maximum Gasteiger partial charge on any atom is 0.0850 e. The number of hydrogen-bond donors (Lipinski definition) is 1. The van der Waals surface area contributed by atoms with Gasteiger partial charge in [0.1, 0.15) is 0 Å². The van der Waals surface area contributed by atoms with Crippen LogP contribution in [-0.4, -0.2) is 16.8 Å². The largest absolute Gasteiger partial charge is 0.313 e. The maximum absolute atomic E-state index is 6.42. The van der Waals surface area contributed by atoms with Crippen LogP contribution in [0.2, 0.25) is 15.1 Å². The molecular formula is C15H18Cl3N3. The number of aryl methyl sites for hydroxylation is 2. The van der Waals surface area contributed by atoms with E-state index in [0.717, 1.165) is 28.4 Å². The average molecular weight is 347 g/mol. The van der Waals surface area contributed by atoms with Crippen LogP contribution in [0.5, 0.6) is 0 Å². The molecule has 1 heterocycles. The highest BCUT2D eigenvalue weighted by Gasteiger charge is 2.20. The molecule has 6 heteroatoms. The van der Waals surface area contributed by atoms with Gasteiger partial charge in [0.25, 0.3) is 0 Å². The summed E-state index contributed by atoms with van der Waals surface area (Å²) in [7, 11) is 3.81. The maximum atomic E-state index is 6.42. The molecule has 0 saturated carbocycles. The fraction of sp³-hybridized carbons (Fsp3) is 0.400. The van der Waals surface area contributed by atoms with Crippen molar-refractivity contribution in [3.63, 3.8) is 0 Å². The molecule has 0 bridgehead atoms. The van der Waals surface area contributed by atoms with E-state index in [1.807, 2.05) is 37.8 Å². The lowest BCUT2D eigenvalue weighted by molar-refractivity contribution is 0.561. The van der Waals surface area contributed by atoms with Crippen LogP contribution in [0.4, 0.5) is 0 Å². The number of halogens is 3. The predicted molar refractivity (Wildman–Crippen MR) is 89.6 cm³/mol. The van der Waals surface area contributed by atoms with Gasteiger partial charge in [0.05, 0.1) is 16.4 Å². The normalized spacial score (nSPS) is 12.7.